The number of anilines is 1. The molecule has 0 fully saturated rings. The van der Waals surface area contributed by atoms with Gasteiger partial charge in [-0.1, -0.05) is 41.4 Å². The summed E-state index contributed by atoms with van der Waals surface area (Å²) in [7, 11) is 0. The Labute approximate surface area is 150 Å². The molecule has 0 atom stereocenters. The van der Waals surface area contributed by atoms with Crippen LogP contribution in [-0.2, 0) is 6.54 Å². The maximum atomic E-state index is 13.4. The highest BCUT2D eigenvalue weighted by Crippen LogP contribution is 2.34. The van der Waals surface area contributed by atoms with E-state index < -0.39 is 0 Å². The molecule has 3 rings (SSSR count). The molecule has 122 valence electrons. The van der Waals surface area contributed by atoms with Crippen LogP contribution in [0, 0.1) is 5.82 Å². The van der Waals surface area contributed by atoms with Crippen LogP contribution in [0.4, 0.5) is 10.1 Å². The number of aliphatic imine (C=N–C) groups is 1. The van der Waals surface area contributed by atoms with Crippen LogP contribution in [0.25, 0.3) is 0 Å². The number of rotatable bonds is 3. The zero-order valence-corrected chi connectivity index (χ0v) is 14.4. The van der Waals surface area contributed by atoms with Gasteiger partial charge < -0.3 is 10.2 Å². The zero-order valence-electron chi connectivity index (χ0n) is 12.1. The van der Waals surface area contributed by atoms with Gasteiger partial charge in [-0.25, -0.2) is 4.39 Å². The van der Waals surface area contributed by atoms with Crippen molar-refractivity contribution in [3.8, 4) is 0 Å². The number of hydrogen-bond donors (Lipinski definition) is 1. The molecule has 0 radical (unpaired) electrons. The topological polar surface area (TPSA) is 27.6 Å². The average molecular weight is 375 g/mol. The van der Waals surface area contributed by atoms with Crippen LogP contribution in [0.3, 0.4) is 0 Å². The van der Waals surface area contributed by atoms with Crippen molar-refractivity contribution < 1.29 is 4.39 Å². The summed E-state index contributed by atoms with van der Waals surface area (Å²) in [5, 5.41) is 4.27. The highest BCUT2D eigenvalue weighted by molar-refractivity contribution is 6.40. The number of halogens is 4. The highest BCUT2D eigenvalue weighted by atomic mass is 35.5. The first kappa shape index (κ1) is 17.9. The lowest BCUT2D eigenvalue weighted by Gasteiger charge is -2.26. The lowest BCUT2D eigenvalue weighted by atomic mass is 10.2. The van der Waals surface area contributed by atoms with Crippen molar-refractivity contribution >= 4 is 47.3 Å². The number of nitrogens with zero attached hydrogens (tertiary/aromatic N) is 2. The smallest absolute Gasteiger partial charge is 0.199 e. The van der Waals surface area contributed by atoms with Gasteiger partial charge in [-0.3, -0.25) is 4.99 Å². The molecule has 0 spiro atoms. The predicted molar refractivity (Wildman–Crippen MR) is 96.6 cm³/mol. The summed E-state index contributed by atoms with van der Waals surface area (Å²) >= 11 is 12.6. The molecule has 7 heteroatoms. The van der Waals surface area contributed by atoms with E-state index in [2.05, 4.69) is 10.3 Å². The summed E-state index contributed by atoms with van der Waals surface area (Å²) in [6.07, 6.45) is 0. The van der Waals surface area contributed by atoms with Crippen LogP contribution < -0.4 is 10.2 Å². The lowest BCUT2D eigenvalue weighted by molar-refractivity contribution is 0.625. The molecule has 0 saturated carbocycles. The maximum absolute atomic E-state index is 13.4. The van der Waals surface area contributed by atoms with Crippen molar-refractivity contribution in [2.24, 2.45) is 4.99 Å². The van der Waals surface area contributed by atoms with E-state index in [9.17, 15) is 4.39 Å². The third kappa shape index (κ3) is 4.08. The van der Waals surface area contributed by atoms with Gasteiger partial charge in [0.25, 0.3) is 0 Å². The van der Waals surface area contributed by atoms with Crippen molar-refractivity contribution in [2.45, 2.75) is 6.54 Å². The Bertz CT molecular complexity index is 701. The summed E-state index contributed by atoms with van der Waals surface area (Å²) in [6, 6.07) is 11.8. The van der Waals surface area contributed by atoms with E-state index in [4.69, 9.17) is 23.2 Å². The van der Waals surface area contributed by atoms with Gasteiger partial charge in [-0.2, -0.15) is 0 Å². The molecule has 0 amide bonds. The number of guanidine groups is 1. The van der Waals surface area contributed by atoms with E-state index >= 15 is 0 Å². The Kier molecular flexibility index (Phi) is 6.10. The Morgan fingerprint density at radius 3 is 2.43 bits per heavy atom. The first-order valence-corrected chi connectivity index (χ1v) is 7.65. The predicted octanol–water partition coefficient (Wildman–Crippen LogP) is 4.52. The normalized spacial score (nSPS) is 13.1. The van der Waals surface area contributed by atoms with Gasteiger partial charge in [0.1, 0.15) is 5.82 Å². The molecular formula is C16H15Cl3FN3. The second kappa shape index (κ2) is 7.86. The SMILES string of the molecule is Cl.Fc1cccc(CN(C2=NCCN2)c2c(Cl)cccc2Cl)c1. The molecular weight excluding hydrogens is 360 g/mol. The molecule has 23 heavy (non-hydrogen) atoms. The fourth-order valence-electron chi connectivity index (χ4n) is 2.39. The van der Waals surface area contributed by atoms with E-state index in [-0.39, 0.29) is 18.2 Å². The Morgan fingerprint density at radius 2 is 1.83 bits per heavy atom. The number of benzene rings is 2. The standard InChI is InChI=1S/C16H14Cl2FN3.ClH/c17-13-5-2-6-14(18)15(13)22(16-20-7-8-21-16)10-11-3-1-4-12(19)9-11;/h1-6,9H,7-8,10H2,(H,20,21);1H. The molecule has 1 aliphatic rings. The number of para-hydroxylation sites is 1. The van der Waals surface area contributed by atoms with E-state index in [0.29, 0.717) is 34.8 Å². The molecule has 0 saturated heterocycles. The third-order valence-corrected chi connectivity index (χ3v) is 3.96. The molecule has 2 aromatic carbocycles. The Morgan fingerprint density at radius 1 is 1.13 bits per heavy atom. The first-order chi connectivity index (χ1) is 10.6. The van der Waals surface area contributed by atoms with E-state index in [1.807, 2.05) is 11.0 Å². The van der Waals surface area contributed by atoms with E-state index in [1.165, 1.54) is 12.1 Å². The fourth-order valence-corrected chi connectivity index (χ4v) is 2.99. The van der Waals surface area contributed by atoms with Crippen molar-refractivity contribution in [3.05, 3.63) is 63.9 Å². The summed E-state index contributed by atoms with van der Waals surface area (Å²) in [4.78, 5) is 6.32. The second-order valence-electron chi connectivity index (χ2n) is 4.92. The van der Waals surface area contributed by atoms with Gasteiger partial charge in [0.05, 0.1) is 28.8 Å². The van der Waals surface area contributed by atoms with Crippen LogP contribution in [0.2, 0.25) is 10.0 Å². The number of hydrogen-bond acceptors (Lipinski definition) is 3. The van der Waals surface area contributed by atoms with Crippen LogP contribution >= 0.6 is 35.6 Å². The summed E-state index contributed by atoms with van der Waals surface area (Å²) in [6.45, 7) is 1.88. The van der Waals surface area contributed by atoms with Gasteiger partial charge in [0.2, 0.25) is 0 Å². The van der Waals surface area contributed by atoms with Crippen molar-refractivity contribution in [2.75, 3.05) is 18.0 Å². The van der Waals surface area contributed by atoms with Crippen LogP contribution in [0.5, 0.6) is 0 Å². The quantitative estimate of drug-likeness (QED) is 0.855. The second-order valence-corrected chi connectivity index (χ2v) is 5.73. The molecule has 1 heterocycles. The molecule has 1 N–H and O–H groups in total. The molecule has 0 bridgehead atoms. The molecule has 0 aromatic heterocycles. The Hall–Kier alpha value is -1.49. The van der Waals surface area contributed by atoms with Crippen molar-refractivity contribution in [1.29, 1.82) is 0 Å². The monoisotopic (exact) mass is 373 g/mol. The average Bonchev–Trinajstić information content (AvgIpc) is 3.00. The van der Waals surface area contributed by atoms with Crippen molar-refractivity contribution in [3.63, 3.8) is 0 Å². The molecule has 3 nitrogen and oxygen atoms in total. The minimum absolute atomic E-state index is 0. The summed E-state index contributed by atoms with van der Waals surface area (Å²) < 4.78 is 13.4. The fraction of sp³-hybridized carbons (Fsp3) is 0.188. The first-order valence-electron chi connectivity index (χ1n) is 6.89. The van der Waals surface area contributed by atoms with Gasteiger partial charge >= 0.3 is 0 Å². The minimum Gasteiger partial charge on any atom is -0.354 e. The molecule has 2 aromatic rings. The van der Waals surface area contributed by atoms with E-state index in [0.717, 1.165) is 12.1 Å². The maximum Gasteiger partial charge on any atom is 0.199 e. The Balaban J connectivity index is 0.00000192. The summed E-state index contributed by atoms with van der Waals surface area (Å²) in [5.74, 6) is 0.420. The van der Waals surface area contributed by atoms with Gasteiger partial charge in [-0.05, 0) is 29.8 Å². The minimum atomic E-state index is -0.274. The van der Waals surface area contributed by atoms with Crippen LogP contribution in [0.15, 0.2) is 47.5 Å². The highest BCUT2D eigenvalue weighted by Gasteiger charge is 2.21. The molecule has 1 aliphatic heterocycles. The summed E-state index contributed by atoms with van der Waals surface area (Å²) in [5.41, 5.74) is 1.48. The third-order valence-electron chi connectivity index (χ3n) is 3.35. The largest absolute Gasteiger partial charge is 0.354 e. The number of nitrogens with one attached hydrogen (secondary N) is 1. The van der Waals surface area contributed by atoms with Crippen LogP contribution in [-0.4, -0.2) is 19.0 Å². The van der Waals surface area contributed by atoms with Gasteiger partial charge in [0, 0.05) is 6.54 Å². The van der Waals surface area contributed by atoms with E-state index in [1.54, 1.807) is 24.3 Å². The molecule has 0 aliphatic carbocycles. The lowest BCUT2D eigenvalue weighted by Crippen LogP contribution is -2.38. The zero-order chi connectivity index (χ0) is 15.5. The van der Waals surface area contributed by atoms with Gasteiger partial charge in [0.15, 0.2) is 5.96 Å². The van der Waals surface area contributed by atoms with Crippen LogP contribution in [0.1, 0.15) is 5.56 Å². The molecule has 0 unspecified atom stereocenters. The van der Waals surface area contributed by atoms with Crippen molar-refractivity contribution in [1.82, 2.24) is 5.32 Å². The van der Waals surface area contributed by atoms with Gasteiger partial charge in [-0.15, -0.1) is 12.4 Å².